The van der Waals surface area contributed by atoms with Gasteiger partial charge in [0.25, 0.3) is 0 Å². The van der Waals surface area contributed by atoms with Gasteiger partial charge in [-0.25, -0.2) is 0 Å². The Balaban J connectivity index is 1.77. The number of carbonyl (C=O) groups is 2. The number of fused-ring (bicyclic) bond motifs is 1. The average Bonchev–Trinajstić information content (AvgIpc) is 3.16. The second-order valence-corrected chi connectivity index (χ2v) is 8.50. The maximum Gasteiger partial charge on any atom is 0.245 e. The van der Waals surface area contributed by atoms with E-state index < -0.39 is 0 Å². The van der Waals surface area contributed by atoms with E-state index in [-0.39, 0.29) is 41.1 Å². The minimum absolute atomic E-state index is 0.0504. The third-order valence-electron chi connectivity index (χ3n) is 6.10. The molecule has 0 aromatic carbocycles. The van der Waals surface area contributed by atoms with Crippen LogP contribution >= 0.6 is 0 Å². The number of allylic oxidation sites excluding steroid dienone is 1. The smallest absolute Gasteiger partial charge is 0.245 e. The second kappa shape index (κ2) is 6.82. The Morgan fingerprint density at radius 2 is 2.12 bits per heavy atom. The number of hydrogen-bond acceptors (Lipinski definition) is 3. The van der Waals surface area contributed by atoms with E-state index in [4.69, 9.17) is 0 Å². The molecular weight excluding hydrogens is 314 g/mol. The molecule has 0 N–H and O–H groups in total. The summed E-state index contributed by atoms with van der Waals surface area (Å²) in [5, 5.41) is 9.33. The summed E-state index contributed by atoms with van der Waals surface area (Å²) in [5.74, 6) is 0.333. The molecule has 4 atom stereocenters. The zero-order valence-electron chi connectivity index (χ0n) is 15.6. The summed E-state index contributed by atoms with van der Waals surface area (Å²) in [6.45, 7) is 7.38. The zero-order valence-corrected chi connectivity index (χ0v) is 15.6. The quantitative estimate of drug-likeness (QED) is 0.724. The van der Waals surface area contributed by atoms with Crippen molar-refractivity contribution in [1.82, 2.24) is 9.80 Å². The highest BCUT2D eigenvalue weighted by Gasteiger charge is 2.45. The molecule has 3 aliphatic heterocycles. The average molecular weight is 343 g/mol. The van der Waals surface area contributed by atoms with Crippen molar-refractivity contribution in [3.05, 3.63) is 12.2 Å². The molecule has 2 fully saturated rings. The summed E-state index contributed by atoms with van der Waals surface area (Å²) in [5.41, 5.74) is -0.162. The van der Waals surface area contributed by atoms with Crippen LogP contribution in [0, 0.1) is 28.6 Å². The lowest BCUT2D eigenvalue weighted by atomic mass is 9.86. The first-order chi connectivity index (χ1) is 11.9. The van der Waals surface area contributed by atoms with Crippen molar-refractivity contribution in [2.75, 3.05) is 13.1 Å². The molecule has 0 spiro atoms. The summed E-state index contributed by atoms with van der Waals surface area (Å²) >= 11 is 0. The first kappa shape index (κ1) is 18.0. The number of amides is 2. The number of carbonyl (C=O) groups excluding carboxylic acids is 2. The van der Waals surface area contributed by atoms with Crippen LogP contribution in [0.1, 0.15) is 52.9 Å². The van der Waals surface area contributed by atoms with Gasteiger partial charge in [-0.2, -0.15) is 5.26 Å². The number of nitrogens with zero attached hydrogens (tertiary/aromatic N) is 3. The van der Waals surface area contributed by atoms with Gasteiger partial charge in [-0.05, 0) is 30.6 Å². The molecule has 5 nitrogen and oxygen atoms in total. The minimum Gasteiger partial charge on any atom is -0.339 e. The fourth-order valence-corrected chi connectivity index (χ4v) is 4.64. The van der Waals surface area contributed by atoms with Crippen molar-refractivity contribution < 1.29 is 9.59 Å². The molecule has 0 aromatic rings. The van der Waals surface area contributed by atoms with Gasteiger partial charge in [-0.3, -0.25) is 9.59 Å². The Labute approximate surface area is 150 Å². The summed E-state index contributed by atoms with van der Waals surface area (Å²) in [4.78, 5) is 29.7. The molecule has 2 saturated heterocycles. The van der Waals surface area contributed by atoms with Crippen LogP contribution in [0.4, 0.5) is 0 Å². The van der Waals surface area contributed by atoms with E-state index in [1.54, 1.807) is 0 Å². The lowest BCUT2D eigenvalue weighted by molar-refractivity contribution is -0.146. The van der Waals surface area contributed by atoms with Gasteiger partial charge in [-0.15, -0.1) is 0 Å². The van der Waals surface area contributed by atoms with E-state index in [0.717, 1.165) is 25.7 Å². The van der Waals surface area contributed by atoms with Crippen molar-refractivity contribution in [3.63, 3.8) is 0 Å². The van der Waals surface area contributed by atoms with E-state index >= 15 is 0 Å². The third-order valence-corrected chi connectivity index (χ3v) is 6.10. The van der Waals surface area contributed by atoms with Gasteiger partial charge in [0.15, 0.2) is 0 Å². The van der Waals surface area contributed by atoms with Crippen molar-refractivity contribution in [3.8, 4) is 6.07 Å². The molecule has 0 aromatic heterocycles. The van der Waals surface area contributed by atoms with E-state index in [9.17, 15) is 14.9 Å². The first-order valence-corrected chi connectivity index (χ1v) is 9.53. The minimum atomic E-state index is -0.338. The van der Waals surface area contributed by atoms with Gasteiger partial charge in [0.1, 0.15) is 6.04 Å². The van der Waals surface area contributed by atoms with Crippen molar-refractivity contribution in [1.29, 1.82) is 5.26 Å². The summed E-state index contributed by atoms with van der Waals surface area (Å²) in [6, 6.07) is 2.16. The van der Waals surface area contributed by atoms with Crippen LogP contribution in [-0.2, 0) is 9.59 Å². The van der Waals surface area contributed by atoms with Gasteiger partial charge >= 0.3 is 0 Å². The van der Waals surface area contributed by atoms with Crippen LogP contribution in [0.25, 0.3) is 0 Å². The zero-order chi connectivity index (χ0) is 18.2. The fraction of sp³-hybridized carbons (Fsp3) is 0.750. The first-order valence-electron chi connectivity index (χ1n) is 9.53. The molecule has 0 saturated carbocycles. The van der Waals surface area contributed by atoms with Crippen LogP contribution in [-0.4, -0.2) is 46.8 Å². The van der Waals surface area contributed by atoms with Crippen molar-refractivity contribution >= 4 is 11.8 Å². The molecule has 0 bridgehead atoms. The van der Waals surface area contributed by atoms with E-state index in [2.05, 4.69) is 39.0 Å². The van der Waals surface area contributed by atoms with Gasteiger partial charge in [-0.1, -0.05) is 39.3 Å². The van der Waals surface area contributed by atoms with Crippen LogP contribution in [0.2, 0.25) is 0 Å². The lowest BCUT2D eigenvalue weighted by Gasteiger charge is -2.35. The number of nitriles is 1. The summed E-state index contributed by atoms with van der Waals surface area (Å²) < 4.78 is 0. The summed E-state index contributed by atoms with van der Waals surface area (Å²) in [7, 11) is 0. The Morgan fingerprint density at radius 1 is 1.36 bits per heavy atom. The standard InChI is InChI=1S/C20H29N3O2/c1-4-14-12-22(13-15(14)11-21)19(25)17-8-7-16-6-5-9-20(2,3)10-18(24)23(16)17/h5,9,14-17H,4,6-8,10,12-13H2,1-3H3/b9-5-/t14-,15-,16+,17+/m1/s1. The number of likely N-dealkylation sites (tertiary alicyclic amines) is 1. The molecule has 3 aliphatic rings. The maximum absolute atomic E-state index is 13.1. The van der Waals surface area contributed by atoms with Crippen LogP contribution in [0.5, 0.6) is 0 Å². The Bertz CT molecular complexity index is 619. The monoisotopic (exact) mass is 343 g/mol. The Hall–Kier alpha value is -1.83. The predicted molar refractivity (Wildman–Crippen MR) is 95.3 cm³/mol. The number of rotatable bonds is 2. The molecule has 3 heterocycles. The Morgan fingerprint density at radius 3 is 2.76 bits per heavy atom. The fourth-order valence-electron chi connectivity index (χ4n) is 4.64. The van der Waals surface area contributed by atoms with Crippen LogP contribution < -0.4 is 0 Å². The van der Waals surface area contributed by atoms with E-state index in [0.29, 0.717) is 19.5 Å². The largest absolute Gasteiger partial charge is 0.339 e. The van der Waals surface area contributed by atoms with Crippen molar-refractivity contribution in [2.24, 2.45) is 17.3 Å². The number of hydrogen-bond donors (Lipinski definition) is 0. The van der Waals surface area contributed by atoms with Gasteiger partial charge in [0.2, 0.25) is 11.8 Å². The molecule has 136 valence electrons. The van der Waals surface area contributed by atoms with Crippen LogP contribution in [0.3, 0.4) is 0 Å². The summed E-state index contributed by atoms with van der Waals surface area (Å²) in [6.07, 6.45) is 8.14. The highest BCUT2D eigenvalue weighted by atomic mass is 16.2. The molecule has 0 radical (unpaired) electrons. The molecular formula is C20H29N3O2. The molecule has 2 amide bonds. The van der Waals surface area contributed by atoms with Crippen LogP contribution in [0.15, 0.2) is 12.2 Å². The molecule has 0 aliphatic carbocycles. The second-order valence-electron chi connectivity index (χ2n) is 8.50. The van der Waals surface area contributed by atoms with Gasteiger partial charge in [0, 0.05) is 25.6 Å². The lowest BCUT2D eigenvalue weighted by Crippen LogP contribution is -2.50. The molecule has 3 rings (SSSR count). The topological polar surface area (TPSA) is 64.4 Å². The normalized spacial score (nSPS) is 35.7. The van der Waals surface area contributed by atoms with E-state index in [1.807, 2.05) is 9.80 Å². The maximum atomic E-state index is 13.1. The molecule has 25 heavy (non-hydrogen) atoms. The molecule has 0 unspecified atom stereocenters. The highest BCUT2D eigenvalue weighted by Crippen LogP contribution is 2.36. The Kier molecular flexibility index (Phi) is 4.90. The van der Waals surface area contributed by atoms with Crippen molar-refractivity contribution in [2.45, 2.75) is 65.0 Å². The third kappa shape index (κ3) is 3.44. The predicted octanol–water partition coefficient (Wildman–Crippen LogP) is 2.73. The van der Waals surface area contributed by atoms with E-state index in [1.165, 1.54) is 0 Å². The van der Waals surface area contributed by atoms with Gasteiger partial charge in [0.05, 0.1) is 12.0 Å². The molecule has 5 heteroatoms. The highest BCUT2D eigenvalue weighted by molar-refractivity contribution is 5.89. The van der Waals surface area contributed by atoms with Gasteiger partial charge < -0.3 is 9.80 Å². The SMILES string of the molecule is CC[C@@H]1CN(C(=O)[C@@H]2CC[C@@H]3C/C=C\C(C)(C)CC(=O)N32)C[C@H]1C#N.